The molecule has 0 aliphatic carbocycles. The first-order chi connectivity index (χ1) is 18.0. The number of benzene rings is 2. The number of imide groups is 1. The molecule has 0 saturated carbocycles. The Morgan fingerprint density at radius 3 is 2.47 bits per heavy atom. The van der Waals surface area contributed by atoms with E-state index in [0.717, 1.165) is 4.90 Å². The van der Waals surface area contributed by atoms with E-state index in [1.165, 1.54) is 4.90 Å². The quantitative estimate of drug-likeness (QED) is 0.426. The van der Waals surface area contributed by atoms with Crippen LogP contribution in [-0.2, 0) is 29.3 Å². The number of esters is 1. The first-order valence-corrected chi connectivity index (χ1v) is 12.8. The molecular formula is C27H24Cl2N4O5. The number of carbonyl (C=O) groups is 4. The van der Waals surface area contributed by atoms with Crippen LogP contribution in [0, 0.1) is 5.92 Å². The third kappa shape index (κ3) is 3.45. The van der Waals surface area contributed by atoms with Crippen LogP contribution in [0.15, 0.2) is 65.1 Å². The minimum absolute atomic E-state index is 0.0227. The van der Waals surface area contributed by atoms with Crippen molar-refractivity contribution in [1.29, 1.82) is 0 Å². The molecule has 0 unspecified atom stereocenters. The molecule has 0 radical (unpaired) electrons. The summed E-state index contributed by atoms with van der Waals surface area (Å²) in [6, 6.07) is 11.2. The number of hydrogen-bond acceptors (Lipinski definition) is 7. The number of fused-ring (bicyclic) bond motifs is 3. The Morgan fingerprint density at radius 2 is 1.82 bits per heavy atom. The molecule has 3 heterocycles. The van der Waals surface area contributed by atoms with Crippen LogP contribution in [0.25, 0.3) is 0 Å². The number of anilines is 2. The molecule has 3 N–H and O–H groups in total. The highest BCUT2D eigenvalue weighted by atomic mass is 35.5. The Hall–Kier alpha value is -3.82. The van der Waals surface area contributed by atoms with Gasteiger partial charge in [-0.15, -0.1) is 0 Å². The maximum Gasteiger partial charge on any atom is 0.339 e. The second-order valence-corrected chi connectivity index (χ2v) is 10.3. The summed E-state index contributed by atoms with van der Waals surface area (Å²) >= 11 is 12.7. The summed E-state index contributed by atoms with van der Waals surface area (Å²) in [6.07, 6.45) is 0. The summed E-state index contributed by atoms with van der Waals surface area (Å²) in [7, 11) is 0. The number of halogens is 2. The molecule has 196 valence electrons. The first-order valence-electron chi connectivity index (χ1n) is 12.0. The second-order valence-electron chi connectivity index (χ2n) is 9.50. The number of nitrogens with one attached hydrogen (secondary N) is 1. The molecule has 3 amide bonds. The maximum absolute atomic E-state index is 14.1. The van der Waals surface area contributed by atoms with Crippen LogP contribution in [0.2, 0.25) is 10.0 Å². The zero-order valence-electron chi connectivity index (χ0n) is 20.8. The van der Waals surface area contributed by atoms with Crippen molar-refractivity contribution < 1.29 is 23.9 Å². The van der Waals surface area contributed by atoms with Gasteiger partial charge in [-0.2, -0.15) is 0 Å². The second kappa shape index (κ2) is 9.18. The van der Waals surface area contributed by atoms with E-state index in [2.05, 4.69) is 5.32 Å². The van der Waals surface area contributed by atoms with E-state index in [-0.39, 0.29) is 58.0 Å². The molecule has 2 aromatic rings. The number of nitrogens with zero attached hydrogens (tertiary/aromatic N) is 2. The number of carbonyl (C=O) groups excluding carboxylic acids is 4. The summed E-state index contributed by atoms with van der Waals surface area (Å²) in [4.78, 5) is 58.1. The SMILES string of the molecule is CCOC(=O)C1=C(N)N(c2cccc(Cl)c2)C2=C(C(=O)N(CC(C)C)C2=O)[C@]12C(=O)Nc1c(Cl)cccc12. The highest BCUT2D eigenvalue weighted by molar-refractivity contribution is 6.37. The summed E-state index contributed by atoms with van der Waals surface area (Å²) < 4.78 is 5.37. The van der Waals surface area contributed by atoms with Gasteiger partial charge < -0.3 is 15.8 Å². The van der Waals surface area contributed by atoms with Crippen LogP contribution in [0.5, 0.6) is 0 Å². The van der Waals surface area contributed by atoms with Gasteiger partial charge in [-0.25, -0.2) is 4.79 Å². The van der Waals surface area contributed by atoms with E-state index < -0.39 is 29.1 Å². The highest BCUT2D eigenvalue weighted by Gasteiger charge is 2.66. The van der Waals surface area contributed by atoms with Gasteiger partial charge in [-0.05, 0) is 37.1 Å². The lowest BCUT2D eigenvalue weighted by molar-refractivity contribution is -0.140. The first kappa shape index (κ1) is 25.8. The number of para-hydroxylation sites is 1. The smallest absolute Gasteiger partial charge is 0.339 e. The number of hydrogen-bond donors (Lipinski definition) is 2. The number of rotatable bonds is 5. The number of amides is 3. The maximum atomic E-state index is 14.1. The van der Waals surface area contributed by atoms with Crippen LogP contribution in [0.1, 0.15) is 26.3 Å². The van der Waals surface area contributed by atoms with Crippen molar-refractivity contribution in [3.63, 3.8) is 0 Å². The average Bonchev–Trinajstić information content (AvgIpc) is 3.27. The van der Waals surface area contributed by atoms with Gasteiger partial charge in [0.2, 0.25) is 5.91 Å². The van der Waals surface area contributed by atoms with Crippen molar-refractivity contribution in [2.24, 2.45) is 11.7 Å². The predicted molar refractivity (Wildman–Crippen MR) is 142 cm³/mol. The van der Waals surface area contributed by atoms with E-state index in [9.17, 15) is 19.2 Å². The molecule has 11 heteroatoms. The van der Waals surface area contributed by atoms with Crippen LogP contribution >= 0.6 is 23.2 Å². The van der Waals surface area contributed by atoms with E-state index in [4.69, 9.17) is 33.7 Å². The van der Waals surface area contributed by atoms with Gasteiger partial charge >= 0.3 is 5.97 Å². The van der Waals surface area contributed by atoms with Gasteiger partial charge in [0, 0.05) is 22.8 Å². The third-order valence-electron chi connectivity index (χ3n) is 6.70. The molecular weight excluding hydrogens is 531 g/mol. The van der Waals surface area contributed by atoms with E-state index in [1.54, 1.807) is 49.4 Å². The van der Waals surface area contributed by atoms with Gasteiger partial charge in [-0.1, -0.05) is 55.2 Å². The monoisotopic (exact) mass is 554 g/mol. The molecule has 3 aliphatic rings. The Balaban J connectivity index is 1.92. The minimum atomic E-state index is -2.07. The molecule has 0 saturated heterocycles. The molecule has 2 aromatic carbocycles. The lowest BCUT2D eigenvalue weighted by atomic mass is 9.66. The summed E-state index contributed by atoms with van der Waals surface area (Å²) in [5.74, 6) is -3.31. The normalized spacial score (nSPS) is 20.5. The fraction of sp³-hybridized carbons (Fsp3) is 0.259. The fourth-order valence-electron chi connectivity index (χ4n) is 5.32. The Kier molecular flexibility index (Phi) is 6.24. The van der Waals surface area contributed by atoms with Crippen molar-refractivity contribution >= 4 is 58.3 Å². The van der Waals surface area contributed by atoms with Gasteiger partial charge in [-0.3, -0.25) is 24.2 Å². The highest BCUT2D eigenvalue weighted by Crippen LogP contribution is 2.56. The molecule has 1 spiro atoms. The van der Waals surface area contributed by atoms with Crippen LogP contribution in [0.4, 0.5) is 11.4 Å². The Morgan fingerprint density at radius 1 is 1.11 bits per heavy atom. The summed E-state index contributed by atoms with van der Waals surface area (Å²) in [5, 5.41) is 3.25. The molecule has 1 atom stereocenters. The van der Waals surface area contributed by atoms with Crippen LogP contribution in [0.3, 0.4) is 0 Å². The van der Waals surface area contributed by atoms with E-state index >= 15 is 0 Å². The van der Waals surface area contributed by atoms with Gasteiger partial charge in [0.1, 0.15) is 22.5 Å². The molecule has 38 heavy (non-hydrogen) atoms. The Bertz CT molecular complexity index is 1500. The van der Waals surface area contributed by atoms with Crippen molar-refractivity contribution in [1.82, 2.24) is 4.90 Å². The standard InChI is InChI=1S/C27H24Cl2N4O5/c1-4-38-25(36)19-22(30)33(15-8-5-7-14(28)11-15)21-18(23(34)32(24(21)35)12-13(2)3)27(19)16-9-6-10-17(29)20(16)31-26(27)37/h5-11,13H,4,12,30H2,1-3H3,(H,31,37)/t27-/m0/s1. The zero-order chi connectivity index (χ0) is 27.5. The molecule has 3 aliphatic heterocycles. The zero-order valence-corrected chi connectivity index (χ0v) is 22.3. The van der Waals surface area contributed by atoms with Crippen molar-refractivity contribution in [3.8, 4) is 0 Å². The topological polar surface area (TPSA) is 122 Å². The minimum Gasteiger partial charge on any atom is -0.462 e. The molecule has 9 nitrogen and oxygen atoms in total. The molecule has 0 aromatic heterocycles. The summed E-state index contributed by atoms with van der Waals surface area (Å²) in [6.45, 7) is 5.39. The summed E-state index contributed by atoms with van der Waals surface area (Å²) in [5.41, 5.74) is 4.79. The van der Waals surface area contributed by atoms with Crippen molar-refractivity contribution in [2.45, 2.75) is 26.2 Å². The largest absolute Gasteiger partial charge is 0.462 e. The van der Waals surface area contributed by atoms with Crippen LogP contribution in [-0.4, -0.2) is 41.7 Å². The molecule has 0 fully saturated rings. The molecule has 5 rings (SSSR count). The van der Waals surface area contributed by atoms with Gasteiger partial charge in [0.15, 0.2) is 0 Å². The van der Waals surface area contributed by atoms with E-state index in [0.29, 0.717) is 10.7 Å². The number of nitrogens with two attached hydrogens (primary N) is 1. The van der Waals surface area contributed by atoms with Crippen LogP contribution < -0.4 is 16.0 Å². The Labute approximate surface area is 228 Å². The third-order valence-corrected chi connectivity index (χ3v) is 7.25. The average molecular weight is 555 g/mol. The predicted octanol–water partition coefficient (Wildman–Crippen LogP) is 3.72. The number of ether oxygens (including phenoxy) is 1. The molecule has 0 bridgehead atoms. The van der Waals surface area contributed by atoms with Crippen molar-refractivity contribution in [2.75, 3.05) is 23.4 Å². The lowest BCUT2D eigenvalue weighted by Crippen LogP contribution is -2.51. The fourth-order valence-corrected chi connectivity index (χ4v) is 5.73. The lowest BCUT2D eigenvalue weighted by Gasteiger charge is -2.39. The van der Waals surface area contributed by atoms with E-state index in [1.807, 2.05) is 13.8 Å². The van der Waals surface area contributed by atoms with Crippen molar-refractivity contribution in [3.05, 3.63) is 80.7 Å². The van der Waals surface area contributed by atoms with Gasteiger partial charge in [0.25, 0.3) is 11.8 Å². The van der Waals surface area contributed by atoms with Gasteiger partial charge in [0.05, 0.1) is 22.9 Å².